The molecule has 108 valence electrons. The van der Waals surface area contributed by atoms with Gasteiger partial charge in [0.05, 0.1) is 6.61 Å². The highest BCUT2D eigenvalue weighted by atomic mass is 16.5. The summed E-state index contributed by atoms with van der Waals surface area (Å²) in [5, 5.41) is 10.5. The molecule has 4 nitrogen and oxygen atoms in total. The summed E-state index contributed by atoms with van der Waals surface area (Å²) in [5.74, 6) is 0. The van der Waals surface area contributed by atoms with E-state index in [9.17, 15) is 5.11 Å². The van der Waals surface area contributed by atoms with E-state index < -0.39 is 0 Å². The summed E-state index contributed by atoms with van der Waals surface area (Å²) < 4.78 is 7.33. The molecular weight excluding hydrogens is 252 g/mol. The molecule has 0 fully saturated rings. The Balaban J connectivity index is 1.93. The summed E-state index contributed by atoms with van der Waals surface area (Å²) in [4.78, 5) is 2.42. The molecule has 1 aliphatic rings. The first-order valence-electron chi connectivity index (χ1n) is 7.14. The topological polar surface area (TPSA) is 37.6 Å². The predicted octanol–water partition coefficient (Wildman–Crippen LogP) is 1.68. The molecule has 0 amide bonds. The molecule has 2 aromatic rings. The summed E-state index contributed by atoms with van der Waals surface area (Å²) in [6.45, 7) is 3.97. The van der Waals surface area contributed by atoms with Crippen LogP contribution in [0, 0.1) is 0 Å². The van der Waals surface area contributed by atoms with Gasteiger partial charge in [0.1, 0.15) is 0 Å². The minimum atomic E-state index is 0.205. The van der Waals surface area contributed by atoms with Gasteiger partial charge < -0.3 is 14.4 Å². The molecule has 0 radical (unpaired) electrons. The van der Waals surface area contributed by atoms with E-state index in [0.717, 1.165) is 32.7 Å². The van der Waals surface area contributed by atoms with Gasteiger partial charge in [0.15, 0.2) is 0 Å². The van der Waals surface area contributed by atoms with Crippen molar-refractivity contribution in [3.05, 3.63) is 35.0 Å². The zero-order chi connectivity index (χ0) is 14.1. The third-order valence-electron chi connectivity index (χ3n) is 4.17. The second-order valence-corrected chi connectivity index (χ2v) is 5.58. The van der Waals surface area contributed by atoms with E-state index in [1.165, 1.54) is 27.6 Å². The van der Waals surface area contributed by atoms with E-state index in [4.69, 9.17) is 4.74 Å². The Morgan fingerprint density at radius 1 is 1.25 bits per heavy atom. The van der Waals surface area contributed by atoms with Crippen LogP contribution in [0.2, 0.25) is 0 Å². The van der Waals surface area contributed by atoms with Gasteiger partial charge in [-0.1, -0.05) is 0 Å². The van der Waals surface area contributed by atoms with Gasteiger partial charge in [-0.25, -0.2) is 0 Å². The number of hydrogen-bond donors (Lipinski definition) is 1. The molecule has 1 aromatic carbocycles. The lowest BCUT2D eigenvalue weighted by Gasteiger charge is -2.13. The van der Waals surface area contributed by atoms with Gasteiger partial charge in [-0.2, -0.15) is 0 Å². The fraction of sp³-hybridized carbons (Fsp3) is 0.500. The Labute approximate surface area is 119 Å². The largest absolute Gasteiger partial charge is 0.396 e. The van der Waals surface area contributed by atoms with Crippen molar-refractivity contribution in [3.8, 4) is 0 Å². The maximum Gasteiger partial charge on any atom is 0.0589 e. The van der Waals surface area contributed by atoms with E-state index in [2.05, 4.69) is 34.8 Å². The number of rotatable bonds is 5. The summed E-state index contributed by atoms with van der Waals surface area (Å²) in [6.07, 6.45) is 2.86. The fourth-order valence-electron chi connectivity index (χ4n) is 3.13. The Morgan fingerprint density at radius 2 is 2.00 bits per heavy atom. The lowest BCUT2D eigenvalue weighted by atomic mass is 10.0. The number of hydrogen-bond acceptors (Lipinski definition) is 3. The fourth-order valence-corrected chi connectivity index (χ4v) is 3.13. The quantitative estimate of drug-likeness (QED) is 0.901. The minimum absolute atomic E-state index is 0.205. The van der Waals surface area contributed by atoms with Crippen LogP contribution in [0.1, 0.15) is 16.7 Å². The van der Waals surface area contributed by atoms with Gasteiger partial charge in [-0.3, -0.25) is 4.90 Å². The average Bonchev–Trinajstić information content (AvgIpc) is 2.96. The number of ether oxygens (including phenoxy) is 1. The van der Waals surface area contributed by atoms with Crippen LogP contribution in [0.3, 0.4) is 0 Å². The summed E-state index contributed by atoms with van der Waals surface area (Å²) >= 11 is 0. The van der Waals surface area contributed by atoms with Crippen LogP contribution in [-0.2, 0) is 31.3 Å². The van der Waals surface area contributed by atoms with E-state index >= 15 is 0 Å². The molecule has 1 aliphatic heterocycles. The first kappa shape index (κ1) is 13.6. The molecule has 0 saturated carbocycles. The van der Waals surface area contributed by atoms with Gasteiger partial charge in [0, 0.05) is 57.5 Å². The van der Waals surface area contributed by atoms with E-state index in [0.29, 0.717) is 0 Å². The molecule has 20 heavy (non-hydrogen) atoms. The number of aromatic nitrogens is 1. The summed E-state index contributed by atoms with van der Waals surface area (Å²) in [5.41, 5.74) is 5.34. The van der Waals surface area contributed by atoms with Crippen molar-refractivity contribution in [3.63, 3.8) is 0 Å². The monoisotopic (exact) mass is 274 g/mol. The van der Waals surface area contributed by atoms with Crippen molar-refractivity contribution in [1.29, 1.82) is 0 Å². The third kappa shape index (κ3) is 2.35. The lowest BCUT2D eigenvalue weighted by Crippen LogP contribution is -2.21. The van der Waals surface area contributed by atoms with Crippen molar-refractivity contribution in [2.75, 3.05) is 26.9 Å². The van der Waals surface area contributed by atoms with Crippen molar-refractivity contribution < 1.29 is 9.84 Å². The van der Waals surface area contributed by atoms with Crippen LogP contribution in [0.25, 0.3) is 10.9 Å². The summed E-state index contributed by atoms with van der Waals surface area (Å²) in [6, 6.07) is 4.61. The highest BCUT2D eigenvalue weighted by molar-refractivity contribution is 5.85. The van der Waals surface area contributed by atoms with Crippen LogP contribution in [-0.4, -0.2) is 41.4 Å². The minimum Gasteiger partial charge on any atom is -0.396 e. The number of methoxy groups -OCH3 is 1. The van der Waals surface area contributed by atoms with Crippen LogP contribution >= 0.6 is 0 Å². The Kier molecular flexibility index (Phi) is 3.78. The average molecular weight is 274 g/mol. The highest BCUT2D eigenvalue weighted by Gasteiger charge is 2.20. The molecular formula is C16H22N2O2. The van der Waals surface area contributed by atoms with E-state index in [-0.39, 0.29) is 6.61 Å². The smallest absolute Gasteiger partial charge is 0.0589 e. The van der Waals surface area contributed by atoms with Crippen molar-refractivity contribution >= 4 is 10.9 Å². The van der Waals surface area contributed by atoms with Crippen LogP contribution < -0.4 is 0 Å². The zero-order valence-corrected chi connectivity index (χ0v) is 12.2. The first-order valence-corrected chi connectivity index (χ1v) is 7.14. The molecule has 3 rings (SSSR count). The number of aliphatic hydroxyl groups is 1. The van der Waals surface area contributed by atoms with E-state index in [1.807, 2.05) is 0 Å². The lowest BCUT2D eigenvalue weighted by molar-refractivity contribution is 0.147. The second kappa shape index (κ2) is 5.56. The normalized spacial score (nSPS) is 15.2. The Morgan fingerprint density at radius 3 is 2.70 bits per heavy atom. The Hall–Kier alpha value is -1.36. The molecule has 1 N–H and O–H groups in total. The molecule has 1 aromatic heterocycles. The van der Waals surface area contributed by atoms with Crippen LogP contribution in [0.5, 0.6) is 0 Å². The van der Waals surface area contributed by atoms with Crippen molar-refractivity contribution in [2.45, 2.75) is 19.5 Å². The van der Waals surface area contributed by atoms with Gasteiger partial charge in [0.25, 0.3) is 0 Å². The van der Waals surface area contributed by atoms with Gasteiger partial charge >= 0.3 is 0 Å². The number of fused-ring (bicyclic) bond motifs is 2. The molecule has 0 aliphatic carbocycles. The molecule has 0 saturated heterocycles. The SMILES string of the molecule is COCCN1Cc2cc3c(CCO)cn(C)c3cc2C1. The highest BCUT2D eigenvalue weighted by Crippen LogP contribution is 2.30. The zero-order valence-electron chi connectivity index (χ0n) is 12.2. The second-order valence-electron chi connectivity index (χ2n) is 5.58. The van der Waals surface area contributed by atoms with Gasteiger partial charge in [0.2, 0.25) is 0 Å². The van der Waals surface area contributed by atoms with Gasteiger partial charge in [-0.05, 0) is 35.2 Å². The van der Waals surface area contributed by atoms with Crippen LogP contribution in [0.4, 0.5) is 0 Å². The molecule has 0 bridgehead atoms. The molecule has 0 atom stereocenters. The maximum absolute atomic E-state index is 9.19. The Bertz CT molecular complexity index is 618. The van der Waals surface area contributed by atoms with Crippen molar-refractivity contribution in [2.24, 2.45) is 7.05 Å². The van der Waals surface area contributed by atoms with Crippen LogP contribution in [0.15, 0.2) is 18.3 Å². The first-order chi connectivity index (χ1) is 9.72. The predicted molar refractivity (Wildman–Crippen MR) is 79.7 cm³/mol. The number of aryl methyl sites for hydroxylation is 1. The molecule has 0 spiro atoms. The molecule has 0 unspecified atom stereocenters. The summed E-state index contributed by atoms with van der Waals surface area (Å²) in [7, 11) is 3.83. The van der Waals surface area contributed by atoms with Gasteiger partial charge in [-0.15, -0.1) is 0 Å². The third-order valence-corrected chi connectivity index (χ3v) is 4.17. The standard InChI is InChI=1S/C16H22N2O2/c1-17-9-12(3-5-19)15-7-13-10-18(4-6-20-2)11-14(13)8-16(15)17/h7-9,19H,3-6,10-11H2,1-2H3. The van der Waals surface area contributed by atoms with E-state index in [1.54, 1.807) is 7.11 Å². The molecule has 4 heteroatoms. The number of aliphatic hydroxyl groups excluding tert-OH is 1. The molecule has 2 heterocycles. The number of benzene rings is 1. The number of nitrogens with zero attached hydrogens (tertiary/aromatic N) is 2. The maximum atomic E-state index is 9.19. The van der Waals surface area contributed by atoms with Crippen molar-refractivity contribution in [1.82, 2.24) is 9.47 Å².